The van der Waals surface area contributed by atoms with Crippen molar-refractivity contribution in [3.63, 3.8) is 0 Å². The Morgan fingerprint density at radius 1 is 1.26 bits per heavy atom. The van der Waals surface area contributed by atoms with Gasteiger partial charge in [0, 0.05) is 19.1 Å². The summed E-state index contributed by atoms with van der Waals surface area (Å²) >= 11 is 0. The van der Waals surface area contributed by atoms with Crippen molar-refractivity contribution in [1.29, 1.82) is 0 Å². The number of primary amides is 1. The number of nitrogens with zero attached hydrogens (tertiary/aromatic N) is 1. The van der Waals surface area contributed by atoms with E-state index in [1.165, 1.54) is 0 Å². The third-order valence-electron chi connectivity index (χ3n) is 4.23. The summed E-state index contributed by atoms with van der Waals surface area (Å²) in [6.45, 7) is 13.0. The second-order valence-electron chi connectivity index (χ2n) is 7.91. The minimum absolute atomic E-state index is 0.111. The maximum absolute atomic E-state index is 12.2. The van der Waals surface area contributed by atoms with E-state index in [1.54, 1.807) is 4.90 Å². The third-order valence-corrected chi connectivity index (χ3v) is 4.23. The summed E-state index contributed by atoms with van der Waals surface area (Å²) in [5, 5.41) is 3.34. The van der Waals surface area contributed by atoms with Gasteiger partial charge in [-0.2, -0.15) is 0 Å². The van der Waals surface area contributed by atoms with E-state index in [1.807, 2.05) is 34.6 Å². The molecule has 3 N–H and O–H groups in total. The highest BCUT2D eigenvalue weighted by Gasteiger charge is 2.32. The Morgan fingerprint density at radius 2 is 1.87 bits per heavy atom. The zero-order valence-corrected chi connectivity index (χ0v) is 15.4. The lowest BCUT2D eigenvalue weighted by atomic mass is 9.90. The molecule has 0 radical (unpaired) electrons. The number of amides is 2. The van der Waals surface area contributed by atoms with Gasteiger partial charge in [0.25, 0.3) is 0 Å². The van der Waals surface area contributed by atoms with Crippen LogP contribution in [-0.2, 0) is 9.53 Å². The first kappa shape index (κ1) is 19.7. The number of rotatable bonds is 5. The molecule has 1 fully saturated rings. The number of hydrogen-bond acceptors (Lipinski definition) is 4. The molecular formula is C17H33N3O3. The number of likely N-dealkylation sites (tertiary alicyclic amines) is 1. The molecule has 0 bridgehead atoms. The van der Waals surface area contributed by atoms with Gasteiger partial charge in [0.1, 0.15) is 5.60 Å². The molecule has 1 rings (SSSR count). The first-order valence-corrected chi connectivity index (χ1v) is 8.54. The number of carbonyl (C=O) groups is 2. The van der Waals surface area contributed by atoms with Crippen LogP contribution in [0, 0.1) is 11.8 Å². The van der Waals surface area contributed by atoms with E-state index < -0.39 is 5.60 Å². The van der Waals surface area contributed by atoms with Crippen LogP contribution in [0.1, 0.15) is 54.4 Å². The van der Waals surface area contributed by atoms with Gasteiger partial charge in [0.15, 0.2) is 0 Å². The summed E-state index contributed by atoms with van der Waals surface area (Å²) in [7, 11) is 0. The first-order valence-electron chi connectivity index (χ1n) is 8.54. The predicted molar refractivity (Wildman–Crippen MR) is 90.9 cm³/mol. The molecule has 1 saturated heterocycles. The maximum atomic E-state index is 12.2. The minimum atomic E-state index is -0.484. The van der Waals surface area contributed by atoms with E-state index in [0.717, 1.165) is 19.4 Å². The molecule has 6 heteroatoms. The van der Waals surface area contributed by atoms with Crippen molar-refractivity contribution in [2.24, 2.45) is 17.6 Å². The van der Waals surface area contributed by atoms with Crippen molar-refractivity contribution >= 4 is 12.0 Å². The largest absolute Gasteiger partial charge is 0.444 e. The van der Waals surface area contributed by atoms with E-state index in [2.05, 4.69) is 12.2 Å². The highest BCUT2D eigenvalue weighted by Crippen LogP contribution is 2.22. The molecule has 1 aliphatic rings. The summed E-state index contributed by atoms with van der Waals surface area (Å²) in [6, 6.07) is -0.234. The van der Waals surface area contributed by atoms with Crippen LogP contribution >= 0.6 is 0 Å². The van der Waals surface area contributed by atoms with Crippen molar-refractivity contribution in [2.45, 2.75) is 72.1 Å². The van der Waals surface area contributed by atoms with Crippen molar-refractivity contribution in [3.05, 3.63) is 0 Å². The van der Waals surface area contributed by atoms with E-state index in [4.69, 9.17) is 10.5 Å². The van der Waals surface area contributed by atoms with Crippen LogP contribution in [-0.4, -0.2) is 47.7 Å². The molecule has 1 heterocycles. The van der Waals surface area contributed by atoms with Gasteiger partial charge in [0.2, 0.25) is 5.91 Å². The fraction of sp³-hybridized carbons (Fsp3) is 0.882. The van der Waals surface area contributed by atoms with Gasteiger partial charge in [0.05, 0.1) is 6.04 Å². The van der Waals surface area contributed by atoms with E-state index in [9.17, 15) is 9.59 Å². The van der Waals surface area contributed by atoms with E-state index in [-0.39, 0.29) is 35.9 Å². The van der Waals surface area contributed by atoms with Crippen molar-refractivity contribution < 1.29 is 14.3 Å². The molecule has 0 aromatic carbocycles. The molecule has 0 aromatic heterocycles. The Hall–Kier alpha value is -1.30. The molecule has 0 aliphatic carbocycles. The maximum Gasteiger partial charge on any atom is 0.410 e. The molecule has 0 saturated carbocycles. The number of carbonyl (C=O) groups excluding carboxylic acids is 2. The summed E-state index contributed by atoms with van der Waals surface area (Å²) in [4.78, 5) is 25.6. The average Bonchev–Trinajstić information content (AvgIpc) is 2.42. The fourth-order valence-corrected chi connectivity index (χ4v) is 2.93. The SMILES string of the molecule is CC(C)C(NC(C)C1CCCN(C(=O)OC(C)(C)C)C1)C(N)=O. The molecule has 2 amide bonds. The van der Waals surface area contributed by atoms with Gasteiger partial charge in [-0.15, -0.1) is 0 Å². The Labute approximate surface area is 140 Å². The fourth-order valence-electron chi connectivity index (χ4n) is 2.93. The van der Waals surface area contributed by atoms with Crippen LogP contribution in [0.2, 0.25) is 0 Å². The molecule has 1 aliphatic heterocycles. The topological polar surface area (TPSA) is 84.7 Å². The minimum Gasteiger partial charge on any atom is -0.444 e. The quantitative estimate of drug-likeness (QED) is 0.810. The number of nitrogens with one attached hydrogen (secondary N) is 1. The highest BCUT2D eigenvalue weighted by molar-refractivity contribution is 5.80. The van der Waals surface area contributed by atoms with Crippen LogP contribution in [0.4, 0.5) is 4.79 Å². The summed E-state index contributed by atoms with van der Waals surface area (Å²) in [5.74, 6) is 0.101. The van der Waals surface area contributed by atoms with E-state index in [0.29, 0.717) is 6.54 Å². The van der Waals surface area contributed by atoms with Crippen LogP contribution < -0.4 is 11.1 Å². The van der Waals surface area contributed by atoms with Gasteiger partial charge in [-0.25, -0.2) is 4.79 Å². The summed E-state index contributed by atoms with van der Waals surface area (Å²) in [5.41, 5.74) is 4.99. The van der Waals surface area contributed by atoms with Gasteiger partial charge in [-0.3, -0.25) is 4.79 Å². The number of piperidine rings is 1. The molecule has 3 atom stereocenters. The monoisotopic (exact) mass is 327 g/mol. The van der Waals surface area contributed by atoms with Crippen LogP contribution in [0.5, 0.6) is 0 Å². The predicted octanol–water partition coefficient (Wildman–Crippen LogP) is 2.12. The molecule has 0 spiro atoms. The molecular weight excluding hydrogens is 294 g/mol. The molecule has 3 unspecified atom stereocenters. The lowest BCUT2D eigenvalue weighted by Crippen LogP contribution is -2.54. The Kier molecular flexibility index (Phi) is 6.86. The van der Waals surface area contributed by atoms with E-state index >= 15 is 0 Å². The van der Waals surface area contributed by atoms with Gasteiger partial charge in [-0.1, -0.05) is 13.8 Å². The Balaban J connectivity index is 2.63. The number of ether oxygens (including phenoxy) is 1. The summed E-state index contributed by atoms with van der Waals surface area (Å²) in [6.07, 6.45) is 1.71. The number of hydrogen-bond donors (Lipinski definition) is 2. The Bertz CT molecular complexity index is 418. The first-order chi connectivity index (χ1) is 10.5. The smallest absolute Gasteiger partial charge is 0.410 e. The molecule has 23 heavy (non-hydrogen) atoms. The van der Waals surface area contributed by atoms with Gasteiger partial charge >= 0.3 is 6.09 Å². The lowest BCUT2D eigenvalue weighted by Gasteiger charge is -2.38. The van der Waals surface area contributed by atoms with Crippen LogP contribution in [0.25, 0.3) is 0 Å². The van der Waals surface area contributed by atoms with Crippen LogP contribution in [0.3, 0.4) is 0 Å². The van der Waals surface area contributed by atoms with Crippen LogP contribution in [0.15, 0.2) is 0 Å². The van der Waals surface area contributed by atoms with Gasteiger partial charge < -0.3 is 20.7 Å². The standard InChI is InChI=1S/C17H33N3O3/c1-11(2)14(15(18)21)19-12(3)13-8-7-9-20(10-13)16(22)23-17(4,5)6/h11-14,19H,7-10H2,1-6H3,(H2,18,21). The third kappa shape index (κ3) is 6.37. The van der Waals surface area contributed by atoms with Crippen molar-refractivity contribution in [1.82, 2.24) is 10.2 Å². The second kappa shape index (κ2) is 7.99. The second-order valence-corrected chi connectivity index (χ2v) is 7.91. The van der Waals surface area contributed by atoms with Crippen molar-refractivity contribution in [2.75, 3.05) is 13.1 Å². The normalized spacial score (nSPS) is 21.9. The lowest BCUT2D eigenvalue weighted by molar-refractivity contribution is -0.121. The van der Waals surface area contributed by atoms with Gasteiger partial charge in [-0.05, 0) is 52.4 Å². The molecule has 6 nitrogen and oxygen atoms in total. The summed E-state index contributed by atoms with van der Waals surface area (Å²) < 4.78 is 5.46. The average molecular weight is 327 g/mol. The highest BCUT2D eigenvalue weighted by atomic mass is 16.6. The molecule has 0 aromatic rings. The zero-order valence-electron chi connectivity index (χ0n) is 15.4. The molecule has 134 valence electrons. The van der Waals surface area contributed by atoms with Crippen molar-refractivity contribution in [3.8, 4) is 0 Å². The number of nitrogens with two attached hydrogens (primary N) is 1. The Morgan fingerprint density at radius 3 is 2.35 bits per heavy atom. The zero-order chi connectivity index (χ0) is 17.8.